The van der Waals surface area contributed by atoms with Crippen molar-refractivity contribution >= 4 is 51.5 Å². The van der Waals surface area contributed by atoms with E-state index in [1.165, 1.54) is 4.90 Å². The third-order valence-electron chi connectivity index (χ3n) is 5.90. The van der Waals surface area contributed by atoms with E-state index >= 15 is 0 Å². The minimum Gasteiger partial charge on any atom is -0.507 e. The highest BCUT2D eigenvalue weighted by atomic mass is 35.5. The van der Waals surface area contributed by atoms with Gasteiger partial charge in [0.05, 0.1) is 23.9 Å². The summed E-state index contributed by atoms with van der Waals surface area (Å²) in [6, 6.07) is 10.3. The zero-order valence-electron chi connectivity index (χ0n) is 19.8. The quantitative estimate of drug-likeness (QED) is 0.215. The minimum absolute atomic E-state index is 0.129. The number of halogens is 1. The normalized spacial score (nSPS) is 18.2. The highest BCUT2D eigenvalue weighted by Crippen LogP contribution is 2.45. The molecule has 9 nitrogen and oxygen atoms in total. The lowest BCUT2D eigenvalue weighted by Crippen LogP contribution is -2.29. The molecule has 1 aromatic heterocycles. The third-order valence-corrected chi connectivity index (χ3v) is 7.29. The zero-order chi connectivity index (χ0) is 26.3. The molecule has 0 radical (unpaired) electrons. The number of benzene rings is 2. The van der Waals surface area contributed by atoms with Crippen molar-refractivity contribution in [2.45, 2.75) is 19.9 Å². The molecule has 0 bridgehead atoms. The first kappa shape index (κ1) is 24.8. The number of ether oxygens (including phenoxy) is 3. The summed E-state index contributed by atoms with van der Waals surface area (Å²) in [4.78, 5) is 44.9. The molecule has 1 atom stereocenters. The average molecular weight is 541 g/mol. The van der Waals surface area contributed by atoms with Gasteiger partial charge in [-0.05, 0) is 49.7 Å². The molecule has 1 unspecified atom stereocenters. The molecule has 11 heteroatoms. The summed E-state index contributed by atoms with van der Waals surface area (Å²) in [5.41, 5.74) is 1.04. The van der Waals surface area contributed by atoms with E-state index in [0.29, 0.717) is 41.0 Å². The molecule has 3 heterocycles. The van der Waals surface area contributed by atoms with Crippen LogP contribution in [0.5, 0.6) is 11.5 Å². The number of aromatic nitrogens is 1. The van der Waals surface area contributed by atoms with Crippen LogP contribution in [0.4, 0.5) is 5.13 Å². The van der Waals surface area contributed by atoms with Gasteiger partial charge in [0.2, 0.25) is 0 Å². The number of fused-ring (bicyclic) bond motifs is 1. The van der Waals surface area contributed by atoms with E-state index in [4.69, 9.17) is 25.8 Å². The van der Waals surface area contributed by atoms with Gasteiger partial charge >= 0.3 is 11.9 Å². The zero-order valence-corrected chi connectivity index (χ0v) is 21.4. The number of amides is 1. The molecule has 1 saturated heterocycles. The Morgan fingerprint density at radius 3 is 2.57 bits per heavy atom. The largest absolute Gasteiger partial charge is 0.507 e. The number of anilines is 1. The van der Waals surface area contributed by atoms with Crippen molar-refractivity contribution in [1.82, 2.24) is 4.98 Å². The molecule has 37 heavy (non-hydrogen) atoms. The lowest BCUT2D eigenvalue weighted by Gasteiger charge is -2.23. The summed E-state index contributed by atoms with van der Waals surface area (Å²) >= 11 is 7.02. The number of rotatable bonds is 5. The van der Waals surface area contributed by atoms with Crippen molar-refractivity contribution in [3.05, 3.63) is 74.8 Å². The molecule has 0 saturated carbocycles. The van der Waals surface area contributed by atoms with Crippen LogP contribution in [-0.2, 0) is 14.3 Å². The summed E-state index contributed by atoms with van der Waals surface area (Å²) in [5.74, 6) is -1.79. The number of esters is 1. The second kappa shape index (κ2) is 9.87. The fraction of sp³-hybridized carbons (Fsp3) is 0.231. The Balaban J connectivity index is 1.66. The number of aryl methyl sites for hydroxylation is 1. The Bertz CT molecular complexity index is 1450. The topological polar surface area (TPSA) is 115 Å². The van der Waals surface area contributed by atoms with Crippen LogP contribution in [0.25, 0.3) is 5.76 Å². The number of nitrogens with zero attached hydrogens (tertiary/aromatic N) is 2. The molecule has 0 aliphatic carbocycles. The minimum atomic E-state index is -1.02. The average Bonchev–Trinajstić information content (AvgIpc) is 3.40. The van der Waals surface area contributed by atoms with Crippen LogP contribution in [-0.4, -0.2) is 47.6 Å². The fourth-order valence-electron chi connectivity index (χ4n) is 4.21. The number of Topliss-reactive ketones (excluding diaryl/α,β-unsaturated/α-hetero) is 1. The molecule has 1 amide bonds. The van der Waals surface area contributed by atoms with Crippen LogP contribution >= 0.6 is 22.9 Å². The van der Waals surface area contributed by atoms with Crippen molar-refractivity contribution in [1.29, 1.82) is 0 Å². The van der Waals surface area contributed by atoms with Crippen molar-refractivity contribution in [2.75, 3.05) is 24.7 Å². The number of thiazole rings is 1. The Morgan fingerprint density at radius 1 is 1.16 bits per heavy atom. The number of hydrogen-bond donors (Lipinski definition) is 1. The standard InChI is InChI=1S/C26H21ClN2O7S/c1-3-34-25(33)23-13(2)28-26(37-23)29-20(14-4-7-16(27)8-5-14)19(22(31)24(29)32)21(30)15-6-9-17-18(12-15)36-11-10-35-17/h4-9,12,20,30H,3,10-11H2,1-2H3. The third kappa shape index (κ3) is 4.42. The molecule has 0 spiro atoms. The maximum atomic E-state index is 13.4. The fourth-order valence-corrected chi connectivity index (χ4v) is 5.32. The van der Waals surface area contributed by atoms with Crippen LogP contribution < -0.4 is 14.4 Å². The summed E-state index contributed by atoms with van der Waals surface area (Å²) in [5, 5.41) is 11.9. The van der Waals surface area contributed by atoms with Crippen LogP contribution in [0.1, 0.15) is 39.5 Å². The Hall–Kier alpha value is -3.89. The second-order valence-corrected chi connectivity index (χ2v) is 9.62. The van der Waals surface area contributed by atoms with E-state index in [1.807, 2.05) is 0 Å². The number of hydrogen-bond acceptors (Lipinski definition) is 9. The first-order valence-corrected chi connectivity index (χ1v) is 12.6. The summed E-state index contributed by atoms with van der Waals surface area (Å²) in [6.07, 6.45) is 0. The predicted octanol–water partition coefficient (Wildman–Crippen LogP) is 4.68. The maximum absolute atomic E-state index is 13.4. The first-order valence-electron chi connectivity index (χ1n) is 11.4. The number of carbonyl (C=O) groups excluding carboxylic acids is 3. The highest BCUT2D eigenvalue weighted by molar-refractivity contribution is 7.17. The van der Waals surface area contributed by atoms with E-state index in [9.17, 15) is 19.5 Å². The molecule has 5 rings (SSSR count). The predicted molar refractivity (Wildman–Crippen MR) is 136 cm³/mol. The first-order chi connectivity index (χ1) is 17.8. The van der Waals surface area contributed by atoms with Gasteiger partial charge < -0.3 is 19.3 Å². The van der Waals surface area contributed by atoms with Crippen LogP contribution in [0.2, 0.25) is 5.02 Å². The van der Waals surface area contributed by atoms with E-state index in [2.05, 4.69) is 4.98 Å². The molecule has 2 aliphatic heterocycles. The van der Waals surface area contributed by atoms with Crippen molar-refractivity contribution < 1.29 is 33.7 Å². The van der Waals surface area contributed by atoms with Crippen molar-refractivity contribution in [3.63, 3.8) is 0 Å². The molecule has 1 fully saturated rings. The second-order valence-electron chi connectivity index (χ2n) is 8.21. The van der Waals surface area contributed by atoms with E-state index < -0.39 is 23.7 Å². The molecule has 1 N–H and O–H groups in total. The molecule has 2 aromatic carbocycles. The van der Waals surface area contributed by atoms with Crippen molar-refractivity contribution in [2.24, 2.45) is 0 Å². The van der Waals surface area contributed by atoms with Gasteiger partial charge in [-0.3, -0.25) is 14.5 Å². The van der Waals surface area contributed by atoms with E-state index in [-0.39, 0.29) is 33.5 Å². The van der Waals surface area contributed by atoms with Crippen LogP contribution in [0, 0.1) is 6.92 Å². The van der Waals surface area contributed by atoms with E-state index in [0.717, 1.165) is 11.3 Å². The highest BCUT2D eigenvalue weighted by Gasteiger charge is 2.48. The number of aliphatic hydroxyl groups is 1. The van der Waals surface area contributed by atoms with Gasteiger partial charge in [-0.15, -0.1) is 0 Å². The maximum Gasteiger partial charge on any atom is 0.350 e. The SMILES string of the molecule is CCOC(=O)c1sc(N2C(=O)C(=O)C(=C(O)c3ccc4c(c3)OCCO4)C2c2ccc(Cl)cc2)nc1C. The Morgan fingerprint density at radius 2 is 1.86 bits per heavy atom. The smallest absolute Gasteiger partial charge is 0.350 e. The molecule has 190 valence electrons. The number of ketones is 1. The van der Waals surface area contributed by atoms with Crippen molar-refractivity contribution in [3.8, 4) is 11.5 Å². The van der Waals surface area contributed by atoms with Gasteiger partial charge in [-0.1, -0.05) is 35.1 Å². The molecule has 2 aliphatic rings. The van der Waals surface area contributed by atoms with Gasteiger partial charge in [-0.2, -0.15) is 0 Å². The van der Waals surface area contributed by atoms with Crippen LogP contribution in [0.3, 0.4) is 0 Å². The lowest BCUT2D eigenvalue weighted by atomic mass is 9.95. The van der Waals surface area contributed by atoms with Gasteiger partial charge in [0.1, 0.15) is 23.9 Å². The van der Waals surface area contributed by atoms with Gasteiger partial charge in [0.25, 0.3) is 5.78 Å². The summed E-state index contributed by atoms with van der Waals surface area (Å²) in [6.45, 7) is 4.23. The lowest BCUT2D eigenvalue weighted by molar-refractivity contribution is -0.132. The number of carbonyl (C=O) groups is 3. The van der Waals surface area contributed by atoms with Crippen LogP contribution in [0.15, 0.2) is 48.0 Å². The summed E-state index contributed by atoms with van der Waals surface area (Å²) < 4.78 is 16.2. The van der Waals surface area contributed by atoms with Gasteiger partial charge in [0, 0.05) is 10.6 Å². The molecule has 3 aromatic rings. The number of aliphatic hydroxyl groups excluding tert-OH is 1. The Labute approximate surface area is 220 Å². The monoisotopic (exact) mass is 540 g/mol. The molecular weight excluding hydrogens is 520 g/mol. The van der Waals surface area contributed by atoms with Gasteiger partial charge in [0.15, 0.2) is 16.6 Å². The van der Waals surface area contributed by atoms with Gasteiger partial charge in [-0.25, -0.2) is 9.78 Å². The summed E-state index contributed by atoms with van der Waals surface area (Å²) in [7, 11) is 0. The van der Waals surface area contributed by atoms with E-state index in [1.54, 1.807) is 56.3 Å². The molecular formula is C26H21ClN2O7S. The Kier molecular flexibility index (Phi) is 6.61.